The molecule has 1 atom stereocenters. The van der Waals surface area contributed by atoms with Crippen LogP contribution in [0.15, 0.2) is 12.4 Å². The number of hydrogen-bond acceptors (Lipinski definition) is 3. The maximum atomic E-state index is 9.23. The molecule has 0 aliphatic carbocycles. The third-order valence-corrected chi connectivity index (χ3v) is 3.10. The van der Waals surface area contributed by atoms with Gasteiger partial charge in [-0.05, 0) is 47.0 Å². The summed E-state index contributed by atoms with van der Waals surface area (Å²) >= 11 is 0. The van der Waals surface area contributed by atoms with Crippen LogP contribution in [-0.4, -0.2) is 21.1 Å². The highest BCUT2D eigenvalue weighted by Crippen LogP contribution is 2.14. The predicted molar refractivity (Wildman–Crippen MR) is 73.1 cm³/mol. The van der Waals surface area contributed by atoms with E-state index < -0.39 is 5.54 Å². The van der Waals surface area contributed by atoms with Crippen molar-refractivity contribution in [3.05, 3.63) is 18.2 Å². The number of nitrogens with one attached hydrogen (secondary N) is 1. The van der Waals surface area contributed by atoms with Crippen LogP contribution in [0.2, 0.25) is 0 Å². The standard InChI is InChI=1S/C14H24N4/c1-12(2)17-14(4,11-15)7-5-6-9-18-10-8-16-13(18)3/h8,10,12,17H,5-7,9H2,1-4H3. The number of hydrogen-bond donors (Lipinski definition) is 1. The van der Waals surface area contributed by atoms with Gasteiger partial charge in [0.2, 0.25) is 0 Å². The molecule has 1 aromatic heterocycles. The molecule has 100 valence electrons. The van der Waals surface area contributed by atoms with Gasteiger partial charge in [0, 0.05) is 25.0 Å². The first-order valence-corrected chi connectivity index (χ1v) is 6.63. The molecule has 0 spiro atoms. The summed E-state index contributed by atoms with van der Waals surface area (Å²) in [4.78, 5) is 4.20. The monoisotopic (exact) mass is 248 g/mol. The fourth-order valence-electron chi connectivity index (χ4n) is 2.20. The van der Waals surface area contributed by atoms with E-state index in [2.05, 4.69) is 34.8 Å². The Bertz CT molecular complexity index is 402. The van der Waals surface area contributed by atoms with E-state index in [1.54, 1.807) is 0 Å². The summed E-state index contributed by atoms with van der Waals surface area (Å²) in [5.74, 6) is 1.05. The Hall–Kier alpha value is -1.34. The second kappa shape index (κ2) is 6.55. The molecule has 4 nitrogen and oxygen atoms in total. The third-order valence-electron chi connectivity index (χ3n) is 3.10. The minimum Gasteiger partial charge on any atom is -0.335 e. The zero-order valence-corrected chi connectivity index (χ0v) is 11.9. The van der Waals surface area contributed by atoms with Crippen molar-refractivity contribution in [1.29, 1.82) is 5.26 Å². The Balaban J connectivity index is 2.32. The zero-order valence-electron chi connectivity index (χ0n) is 11.9. The number of aryl methyl sites for hydroxylation is 2. The Labute approximate surface area is 110 Å². The number of unbranched alkanes of at least 4 members (excludes halogenated alkanes) is 1. The minimum absolute atomic E-state index is 0.338. The van der Waals surface area contributed by atoms with Crippen LogP contribution >= 0.6 is 0 Å². The van der Waals surface area contributed by atoms with Gasteiger partial charge in [-0.15, -0.1) is 0 Å². The second-order valence-corrected chi connectivity index (χ2v) is 5.37. The van der Waals surface area contributed by atoms with E-state index in [-0.39, 0.29) is 0 Å². The lowest BCUT2D eigenvalue weighted by Crippen LogP contribution is -2.44. The summed E-state index contributed by atoms with van der Waals surface area (Å²) in [6.45, 7) is 9.12. The number of nitrogens with zero attached hydrogens (tertiary/aromatic N) is 3. The highest BCUT2D eigenvalue weighted by Gasteiger charge is 2.23. The van der Waals surface area contributed by atoms with Gasteiger partial charge in [0.1, 0.15) is 11.4 Å². The van der Waals surface area contributed by atoms with Crippen molar-refractivity contribution >= 4 is 0 Å². The largest absolute Gasteiger partial charge is 0.335 e. The van der Waals surface area contributed by atoms with Crippen LogP contribution in [0.3, 0.4) is 0 Å². The first kappa shape index (κ1) is 14.7. The molecule has 0 saturated heterocycles. The Morgan fingerprint density at radius 2 is 2.22 bits per heavy atom. The van der Waals surface area contributed by atoms with Gasteiger partial charge in [-0.25, -0.2) is 4.98 Å². The van der Waals surface area contributed by atoms with Crippen molar-refractivity contribution in [3.63, 3.8) is 0 Å². The van der Waals surface area contributed by atoms with Crippen LogP contribution in [0, 0.1) is 18.3 Å². The normalized spacial score (nSPS) is 14.4. The highest BCUT2D eigenvalue weighted by molar-refractivity contribution is 5.04. The summed E-state index contributed by atoms with van der Waals surface area (Å²) in [5.41, 5.74) is -0.405. The lowest BCUT2D eigenvalue weighted by atomic mass is 9.95. The summed E-state index contributed by atoms with van der Waals surface area (Å²) in [6.07, 6.45) is 6.84. The third kappa shape index (κ3) is 4.50. The van der Waals surface area contributed by atoms with E-state index in [0.717, 1.165) is 31.6 Å². The van der Waals surface area contributed by atoms with Crippen LogP contribution in [0.25, 0.3) is 0 Å². The van der Waals surface area contributed by atoms with Crippen LogP contribution in [0.4, 0.5) is 0 Å². The van der Waals surface area contributed by atoms with Gasteiger partial charge in [-0.3, -0.25) is 5.32 Å². The van der Waals surface area contributed by atoms with Gasteiger partial charge < -0.3 is 4.57 Å². The van der Waals surface area contributed by atoms with E-state index in [4.69, 9.17) is 0 Å². The van der Waals surface area contributed by atoms with Crippen molar-refractivity contribution < 1.29 is 0 Å². The lowest BCUT2D eigenvalue weighted by molar-refractivity contribution is 0.365. The molecule has 0 aromatic carbocycles. The van der Waals surface area contributed by atoms with E-state index in [9.17, 15) is 5.26 Å². The van der Waals surface area contributed by atoms with E-state index in [0.29, 0.717) is 6.04 Å². The number of imidazole rings is 1. The SMILES string of the molecule is Cc1nccn1CCCCC(C)(C#N)NC(C)C. The van der Waals surface area contributed by atoms with Gasteiger partial charge in [0.15, 0.2) is 0 Å². The smallest absolute Gasteiger partial charge is 0.105 e. The van der Waals surface area contributed by atoms with Crippen molar-refractivity contribution in [1.82, 2.24) is 14.9 Å². The maximum absolute atomic E-state index is 9.23. The molecule has 18 heavy (non-hydrogen) atoms. The van der Waals surface area contributed by atoms with Crippen LogP contribution in [0.1, 0.15) is 45.9 Å². The first-order chi connectivity index (χ1) is 8.47. The fraction of sp³-hybridized carbons (Fsp3) is 0.714. The summed E-state index contributed by atoms with van der Waals surface area (Å²) in [5, 5.41) is 12.6. The van der Waals surface area contributed by atoms with Crippen molar-refractivity contribution in [2.24, 2.45) is 0 Å². The molecule has 0 aliphatic rings. The Morgan fingerprint density at radius 1 is 1.50 bits per heavy atom. The summed E-state index contributed by atoms with van der Waals surface area (Å²) in [7, 11) is 0. The van der Waals surface area contributed by atoms with Crippen LogP contribution in [-0.2, 0) is 6.54 Å². The minimum atomic E-state index is -0.405. The van der Waals surface area contributed by atoms with E-state index >= 15 is 0 Å². The molecule has 0 amide bonds. The van der Waals surface area contributed by atoms with Crippen molar-refractivity contribution in [3.8, 4) is 6.07 Å². The molecular weight excluding hydrogens is 224 g/mol. The number of nitriles is 1. The molecule has 0 radical (unpaired) electrons. The van der Waals surface area contributed by atoms with E-state index in [1.807, 2.05) is 26.2 Å². The van der Waals surface area contributed by atoms with Gasteiger partial charge in [0.25, 0.3) is 0 Å². The second-order valence-electron chi connectivity index (χ2n) is 5.37. The van der Waals surface area contributed by atoms with Crippen LogP contribution in [0.5, 0.6) is 0 Å². The van der Waals surface area contributed by atoms with Crippen molar-refractivity contribution in [2.45, 2.75) is 65.1 Å². The molecule has 1 N–H and O–H groups in total. The van der Waals surface area contributed by atoms with Gasteiger partial charge in [-0.1, -0.05) is 0 Å². The summed E-state index contributed by atoms with van der Waals surface area (Å²) < 4.78 is 2.15. The molecule has 0 bridgehead atoms. The maximum Gasteiger partial charge on any atom is 0.105 e. The molecule has 1 rings (SSSR count). The van der Waals surface area contributed by atoms with E-state index in [1.165, 1.54) is 0 Å². The molecule has 1 unspecified atom stereocenters. The molecule has 0 saturated carbocycles. The van der Waals surface area contributed by atoms with Crippen LogP contribution < -0.4 is 5.32 Å². The zero-order chi connectivity index (χ0) is 13.6. The first-order valence-electron chi connectivity index (χ1n) is 6.63. The Morgan fingerprint density at radius 3 is 2.72 bits per heavy atom. The number of aromatic nitrogens is 2. The average Bonchev–Trinajstić information content (AvgIpc) is 2.70. The predicted octanol–water partition coefficient (Wildman–Crippen LogP) is 2.64. The molecule has 4 heteroatoms. The molecule has 1 heterocycles. The summed E-state index contributed by atoms with van der Waals surface area (Å²) in [6, 6.07) is 2.72. The number of rotatable bonds is 7. The molecule has 1 aromatic rings. The average molecular weight is 248 g/mol. The Kier molecular flexibility index (Phi) is 5.36. The quantitative estimate of drug-likeness (QED) is 0.755. The fourth-order valence-corrected chi connectivity index (χ4v) is 2.20. The van der Waals surface area contributed by atoms with Gasteiger partial charge >= 0.3 is 0 Å². The lowest BCUT2D eigenvalue weighted by Gasteiger charge is -2.25. The van der Waals surface area contributed by atoms with Crippen molar-refractivity contribution in [2.75, 3.05) is 0 Å². The van der Waals surface area contributed by atoms with Gasteiger partial charge in [0.05, 0.1) is 6.07 Å². The molecule has 0 fully saturated rings. The van der Waals surface area contributed by atoms with Gasteiger partial charge in [-0.2, -0.15) is 5.26 Å². The topological polar surface area (TPSA) is 53.6 Å². The highest BCUT2D eigenvalue weighted by atomic mass is 15.0. The molecular formula is C14H24N4. The molecule has 0 aliphatic heterocycles.